The van der Waals surface area contributed by atoms with Crippen molar-refractivity contribution in [1.29, 1.82) is 0 Å². The number of carbonyl (C=O) groups excluding carboxylic acids is 1. The highest BCUT2D eigenvalue weighted by Crippen LogP contribution is 2.34. The maximum Gasteiger partial charge on any atom is 0.416 e. The first-order valence-corrected chi connectivity index (χ1v) is 7.29. The van der Waals surface area contributed by atoms with Gasteiger partial charge in [0.05, 0.1) is 23.4 Å². The Labute approximate surface area is 130 Å². The summed E-state index contributed by atoms with van der Waals surface area (Å²) in [5.74, 6) is -0.472. The molecular formula is C12H9BrF3N3OS. The van der Waals surface area contributed by atoms with Gasteiger partial charge in [0.2, 0.25) is 5.91 Å². The van der Waals surface area contributed by atoms with E-state index >= 15 is 0 Å². The van der Waals surface area contributed by atoms with Crippen LogP contribution in [0.2, 0.25) is 0 Å². The third-order valence-electron chi connectivity index (χ3n) is 2.48. The van der Waals surface area contributed by atoms with E-state index in [1.807, 2.05) is 0 Å². The first-order chi connectivity index (χ1) is 9.75. The highest BCUT2D eigenvalue weighted by atomic mass is 79.9. The van der Waals surface area contributed by atoms with E-state index < -0.39 is 17.6 Å². The summed E-state index contributed by atoms with van der Waals surface area (Å²) >= 11 is 4.29. The Morgan fingerprint density at radius 2 is 2.14 bits per heavy atom. The van der Waals surface area contributed by atoms with Crippen molar-refractivity contribution in [2.45, 2.75) is 12.6 Å². The number of nitrogen functional groups attached to an aromatic ring is 1. The highest BCUT2D eigenvalue weighted by Gasteiger charge is 2.31. The average molecular weight is 380 g/mol. The van der Waals surface area contributed by atoms with Crippen molar-refractivity contribution in [2.75, 3.05) is 11.1 Å². The van der Waals surface area contributed by atoms with Crippen LogP contribution in [0.25, 0.3) is 0 Å². The zero-order chi connectivity index (χ0) is 15.6. The van der Waals surface area contributed by atoms with Gasteiger partial charge in [0.25, 0.3) is 0 Å². The molecule has 0 aliphatic carbocycles. The monoisotopic (exact) mass is 379 g/mol. The van der Waals surface area contributed by atoms with E-state index in [0.29, 0.717) is 15.3 Å². The van der Waals surface area contributed by atoms with Gasteiger partial charge in [-0.2, -0.15) is 13.2 Å². The van der Waals surface area contributed by atoms with E-state index in [1.165, 1.54) is 17.4 Å². The first-order valence-electron chi connectivity index (χ1n) is 5.62. The minimum Gasteiger partial charge on any atom is -0.375 e. The number of halogens is 4. The van der Waals surface area contributed by atoms with Gasteiger partial charge in [0.15, 0.2) is 5.13 Å². The molecule has 0 spiro atoms. The van der Waals surface area contributed by atoms with Gasteiger partial charge in [0, 0.05) is 9.85 Å². The molecule has 21 heavy (non-hydrogen) atoms. The van der Waals surface area contributed by atoms with E-state index in [0.717, 1.165) is 12.1 Å². The molecular weight excluding hydrogens is 371 g/mol. The lowest BCUT2D eigenvalue weighted by Crippen LogP contribution is -2.16. The van der Waals surface area contributed by atoms with Gasteiger partial charge >= 0.3 is 6.18 Å². The number of carbonyl (C=O) groups is 1. The Morgan fingerprint density at radius 1 is 1.43 bits per heavy atom. The van der Waals surface area contributed by atoms with Crippen LogP contribution in [0.5, 0.6) is 0 Å². The molecule has 1 amide bonds. The summed E-state index contributed by atoms with van der Waals surface area (Å²) in [5, 5.41) is 4.37. The normalized spacial score (nSPS) is 11.4. The third-order valence-corrected chi connectivity index (χ3v) is 3.89. The summed E-state index contributed by atoms with van der Waals surface area (Å²) in [6.07, 6.45) is -4.53. The van der Waals surface area contributed by atoms with Crippen LogP contribution >= 0.6 is 27.3 Å². The number of nitrogens with zero attached hydrogens (tertiary/aromatic N) is 1. The van der Waals surface area contributed by atoms with Crippen LogP contribution < -0.4 is 11.1 Å². The topological polar surface area (TPSA) is 68.0 Å². The molecule has 0 radical (unpaired) electrons. The predicted octanol–water partition coefficient (Wildman–Crippen LogP) is 3.69. The molecule has 0 aliphatic heterocycles. The maximum absolute atomic E-state index is 12.6. The molecule has 4 nitrogen and oxygen atoms in total. The Bertz CT molecular complexity index is 672. The first kappa shape index (κ1) is 15.8. The van der Waals surface area contributed by atoms with Crippen molar-refractivity contribution in [1.82, 2.24) is 4.98 Å². The lowest BCUT2D eigenvalue weighted by atomic mass is 10.2. The molecule has 3 N–H and O–H groups in total. The third kappa shape index (κ3) is 4.18. The van der Waals surface area contributed by atoms with Crippen LogP contribution in [0.1, 0.15) is 11.3 Å². The van der Waals surface area contributed by atoms with Gasteiger partial charge in [0.1, 0.15) is 0 Å². The number of nitrogens with two attached hydrogens (primary N) is 1. The molecule has 1 heterocycles. The molecule has 2 aromatic rings. The van der Waals surface area contributed by atoms with Crippen molar-refractivity contribution in [3.63, 3.8) is 0 Å². The van der Waals surface area contributed by atoms with Gasteiger partial charge in [-0.05, 0) is 34.1 Å². The number of amides is 1. The van der Waals surface area contributed by atoms with E-state index in [1.54, 1.807) is 5.38 Å². The maximum atomic E-state index is 12.6. The molecule has 0 atom stereocenters. The number of nitrogens with one attached hydrogen (secondary N) is 1. The van der Waals surface area contributed by atoms with Crippen molar-refractivity contribution in [2.24, 2.45) is 0 Å². The van der Waals surface area contributed by atoms with Gasteiger partial charge < -0.3 is 11.1 Å². The summed E-state index contributed by atoms with van der Waals surface area (Å²) < 4.78 is 38.3. The molecule has 0 saturated heterocycles. The minimum absolute atomic E-state index is 0.0537. The van der Waals surface area contributed by atoms with E-state index in [-0.39, 0.29) is 12.1 Å². The molecule has 0 aliphatic rings. The number of alkyl halides is 3. The van der Waals surface area contributed by atoms with Gasteiger partial charge in [-0.1, -0.05) is 0 Å². The smallest absolute Gasteiger partial charge is 0.375 e. The molecule has 9 heteroatoms. The average Bonchev–Trinajstić information content (AvgIpc) is 2.76. The SMILES string of the molecule is Nc1nc(CC(=O)Nc2cc(C(F)(F)F)ccc2Br)cs1. The lowest BCUT2D eigenvalue weighted by molar-refractivity contribution is -0.137. The van der Waals surface area contributed by atoms with E-state index in [9.17, 15) is 18.0 Å². The predicted molar refractivity (Wildman–Crippen MR) is 78.0 cm³/mol. The zero-order valence-corrected chi connectivity index (χ0v) is 12.8. The Balaban J connectivity index is 2.13. The van der Waals surface area contributed by atoms with Gasteiger partial charge in [-0.15, -0.1) is 11.3 Å². The summed E-state index contributed by atoms with van der Waals surface area (Å²) in [6, 6.07) is 3.04. The summed E-state index contributed by atoms with van der Waals surface area (Å²) in [6.45, 7) is 0. The van der Waals surface area contributed by atoms with Gasteiger partial charge in [-0.25, -0.2) is 4.98 Å². The zero-order valence-electron chi connectivity index (χ0n) is 10.4. The van der Waals surface area contributed by atoms with Crippen LogP contribution in [0, 0.1) is 0 Å². The number of rotatable bonds is 3. The van der Waals surface area contributed by atoms with E-state index in [4.69, 9.17) is 5.73 Å². The van der Waals surface area contributed by atoms with Crippen molar-refractivity contribution in [3.8, 4) is 0 Å². The fourth-order valence-corrected chi connectivity index (χ4v) is 2.47. The Kier molecular flexibility index (Phi) is 4.52. The number of hydrogen-bond acceptors (Lipinski definition) is 4. The number of thiazole rings is 1. The summed E-state index contributed by atoms with van der Waals surface area (Å²) in [4.78, 5) is 15.7. The molecule has 1 aromatic carbocycles. The van der Waals surface area contributed by atoms with Gasteiger partial charge in [-0.3, -0.25) is 4.79 Å². The summed E-state index contributed by atoms with van der Waals surface area (Å²) in [5.41, 5.74) is 5.13. The Hall–Kier alpha value is -1.61. The molecule has 0 saturated carbocycles. The van der Waals surface area contributed by atoms with Crippen molar-refractivity contribution >= 4 is 44.0 Å². The second-order valence-electron chi connectivity index (χ2n) is 4.09. The lowest BCUT2D eigenvalue weighted by Gasteiger charge is -2.11. The second kappa shape index (κ2) is 6.02. The molecule has 1 aromatic heterocycles. The molecule has 0 bridgehead atoms. The number of benzene rings is 1. The molecule has 2 rings (SSSR count). The van der Waals surface area contributed by atoms with Crippen LogP contribution in [0.4, 0.5) is 24.0 Å². The van der Waals surface area contributed by atoms with Crippen LogP contribution in [-0.2, 0) is 17.4 Å². The van der Waals surface area contributed by atoms with Crippen LogP contribution in [0.3, 0.4) is 0 Å². The largest absolute Gasteiger partial charge is 0.416 e. The molecule has 0 fully saturated rings. The molecule has 112 valence electrons. The number of anilines is 2. The number of aromatic nitrogens is 1. The fraction of sp³-hybridized carbons (Fsp3) is 0.167. The van der Waals surface area contributed by atoms with E-state index in [2.05, 4.69) is 26.2 Å². The quantitative estimate of drug-likeness (QED) is 0.854. The van der Waals surface area contributed by atoms with Crippen LogP contribution in [-0.4, -0.2) is 10.9 Å². The minimum atomic E-state index is -4.47. The Morgan fingerprint density at radius 3 is 2.71 bits per heavy atom. The fourth-order valence-electron chi connectivity index (χ4n) is 1.56. The van der Waals surface area contributed by atoms with Crippen LogP contribution in [0.15, 0.2) is 28.1 Å². The standard InChI is InChI=1S/C12H9BrF3N3OS/c13-8-2-1-6(12(14,15)16)3-9(8)19-10(20)4-7-5-21-11(17)18-7/h1-3,5H,4H2,(H2,17,18)(H,19,20). The highest BCUT2D eigenvalue weighted by molar-refractivity contribution is 9.10. The number of hydrogen-bond donors (Lipinski definition) is 2. The van der Waals surface area contributed by atoms with Crippen molar-refractivity contribution in [3.05, 3.63) is 39.3 Å². The second-order valence-corrected chi connectivity index (χ2v) is 5.84. The molecule has 0 unspecified atom stereocenters. The summed E-state index contributed by atoms with van der Waals surface area (Å²) in [7, 11) is 0. The van der Waals surface area contributed by atoms with Crippen molar-refractivity contribution < 1.29 is 18.0 Å².